The minimum absolute atomic E-state index is 0.145. The molecule has 0 aliphatic heterocycles. The Balaban J connectivity index is 2.01. The summed E-state index contributed by atoms with van der Waals surface area (Å²) in [5.41, 5.74) is 2.58. The summed E-state index contributed by atoms with van der Waals surface area (Å²) < 4.78 is 0. The van der Waals surface area contributed by atoms with E-state index in [4.69, 9.17) is 0 Å². The van der Waals surface area contributed by atoms with Gasteiger partial charge in [0.1, 0.15) is 0 Å². The Morgan fingerprint density at radius 1 is 1.15 bits per heavy atom. The van der Waals surface area contributed by atoms with Gasteiger partial charge in [-0.2, -0.15) is 0 Å². The molecule has 0 bridgehead atoms. The van der Waals surface area contributed by atoms with Gasteiger partial charge >= 0.3 is 0 Å². The molecule has 1 aromatic carbocycles. The number of anilines is 2. The molecule has 104 valence electrons. The number of benzene rings is 1. The van der Waals surface area contributed by atoms with Crippen LogP contribution in [0.15, 0.2) is 36.7 Å². The predicted octanol–water partition coefficient (Wildman–Crippen LogP) is 2.67. The van der Waals surface area contributed by atoms with Crippen LogP contribution in [0.25, 0.3) is 0 Å². The first kappa shape index (κ1) is 14.0. The number of aromatic nitrogens is 2. The second kappa shape index (κ2) is 6.65. The number of rotatable bonds is 5. The lowest BCUT2D eigenvalue weighted by Crippen LogP contribution is -2.24. The molecule has 20 heavy (non-hydrogen) atoms. The van der Waals surface area contributed by atoms with E-state index < -0.39 is 0 Å². The minimum atomic E-state index is -0.145. The van der Waals surface area contributed by atoms with Gasteiger partial charge in [0.15, 0.2) is 0 Å². The standard InChI is InChI=1S/C15H18N4O/c1-3-8-16-14(20)12-9-17-15(18-10-12)19-13-6-4-11(2)5-7-13/h4-7,9-10H,3,8H2,1-2H3,(H,16,20)(H,17,18,19). The van der Waals surface area contributed by atoms with Gasteiger partial charge in [-0.3, -0.25) is 4.79 Å². The van der Waals surface area contributed by atoms with Gasteiger partial charge in [0.25, 0.3) is 5.91 Å². The molecule has 5 heteroatoms. The quantitative estimate of drug-likeness (QED) is 0.876. The van der Waals surface area contributed by atoms with E-state index in [1.165, 1.54) is 18.0 Å². The largest absolute Gasteiger partial charge is 0.352 e. The molecule has 5 nitrogen and oxygen atoms in total. The third-order valence-corrected chi connectivity index (χ3v) is 2.76. The molecule has 1 amide bonds. The average molecular weight is 270 g/mol. The average Bonchev–Trinajstić information content (AvgIpc) is 2.48. The Morgan fingerprint density at radius 2 is 1.80 bits per heavy atom. The van der Waals surface area contributed by atoms with E-state index in [0.29, 0.717) is 18.1 Å². The molecule has 2 aromatic rings. The molecule has 0 spiro atoms. The zero-order valence-corrected chi connectivity index (χ0v) is 11.7. The van der Waals surface area contributed by atoms with Crippen molar-refractivity contribution in [1.29, 1.82) is 0 Å². The Bertz CT molecular complexity index is 563. The Kier molecular flexibility index (Phi) is 4.65. The van der Waals surface area contributed by atoms with E-state index in [2.05, 4.69) is 20.6 Å². The van der Waals surface area contributed by atoms with Crippen LogP contribution in [0.5, 0.6) is 0 Å². The van der Waals surface area contributed by atoms with Crippen LogP contribution in [0, 0.1) is 6.92 Å². The van der Waals surface area contributed by atoms with E-state index in [0.717, 1.165) is 12.1 Å². The Labute approximate surface area is 118 Å². The van der Waals surface area contributed by atoms with E-state index in [1.807, 2.05) is 38.1 Å². The van der Waals surface area contributed by atoms with Crippen molar-refractivity contribution < 1.29 is 4.79 Å². The van der Waals surface area contributed by atoms with E-state index in [-0.39, 0.29) is 5.91 Å². The van der Waals surface area contributed by atoms with Crippen LogP contribution >= 0.6 is 0 Å². The number of hydrogen-bond donors (Lipinski definition) is 2. The van der Waals surface area contributed by atoms with Crippen LogP contribution in [-0.2, 0) is 0 Å². The van der Waals surface area contributed by atoms with Gasteiger partial charge in [-0.25, -0.2) is 9.97 Å². The summed E-state index contributed by atoms with van der Waals surface area (Å²) in [5, 5.41) is 5.87. The molecule has 0 atom stereocenters. The second-order valence-electron chi connectivity index (χ2n) is 4.54. The van der Waals surface area contributed by atoms with Crippen molar-refractivity contribution in [2.45, 2.75) is 20.3 Å². The van der Waals surface area contributed by atoms with Crippen molar-refractivity contribution in [2.75, 3.05) is 11.9 Å². The summed E-state index contributed by atoms with van der Waals surface area (Å²) in [6.07, 6.45) is 3.95. The maximum absolute atomic E-state index is 11.7. The van der Waals surface area contributed by atoms with Gasteiger partial charge in [0, 0.05) is 24.6 Å². The zero-order valence-electron chi connectivity index (χ0n) is 11.7. The molecule has 0 unspecified atom stereocenters. The number of amides is 1. The smallest absolute Gasteiger partial charge is 0.254 e. The molecule has 2 N–H and O–H groups in total. The Hall–Kier alpha value is -2.43. The van der Waals surface area contributed by atoms with Gasteiger partial charge in [-0.15, -0.1) is 0 Å². The lowest BCUT2D eigenvalue weighted by Gasteiger charge is -2.06. The summed E-state index contributed by atoms with van der Waals surface area (Å²) in [6, 6.07) is 7.94. The summed E-state index contributed by atoms with van der Waals surface area (Å²) in [5.74, 6) is 0.328. The highest BCUT2D eigenvalue weighted by Crippen LogP contribution is 2.13. The van der Waals surface area contributed by atoms with Gasteiger partial charge in [-0.1, -0.05) is 24.6 Å². The normalized spacial score (nSPS) is 10.1. The third-order valence-electron chi connectivity index (χ3n) is 2.76. The summed E-state index contributed by atoms with van der Waals surface area (Å²) >= 11 is 0. The van der Waals surface area contributed by atoms with Crippen LogP contribution in [0.4, 0.5) is 11.6 Å². The fourth-order valence-corrected chi connectivity index (χ4v) is 1.62. The minimum Gasteiger partial charge on any atom is -0.352 e. The van der Waals surface area contributed by atoms with Crippen molar-refractivity contribution in [2.24, 2.45) is 0 Å². The molecule has 0 saturated carbocycles. The SMILES string of the molecule is CCCNC(=O)c1cnc(Nc2ccc(C)cc2)nc1. The maximum Gasteiger partial charge on any atom is 0.254 e. The van der Waals surface area contributed by atoms with Crippen LogP contribution in [0.1, 0.15) is 29.3 Å². The molecule has 0 aliphatic carbocycles. The number of nitrogens with one attached hydrogen (secondary N) is 2. The predicted molar refractivity (Wildman–Crippen MR) is 79.1 cm³/mol. The van der Waals surface area contributed by atoms with Crippen molar-refractivity contribution >= 4 is 17.5 Å². The monoisotopic (exact) mass is 270 g/mol. The van der Waals surface area contributed by atoms with E-state index >= 15 is 0 Å². The summed E-state index contributed by atoms with van der Waals surface area (Å²) in [6.45, 7) is 4.69. The fraction of sp³-hybridized carbons (Fsp3) is 0.267. The molecule has 1 aromatic heterocycles. The molecule has 1 heterocycles. The topological polar surface area (TPSA) is 66.9 Å². The molecule has 0 radical (unpaired) electrons. The Morgan fingerprint density at radius 3 is 2.40 bits per heavy atom. The summed E-state index contributed by atoms with van der Waals surface area (Å²) in [7, 11) is 0. The third kappa shape index (κ3) is 3.78. The van der Waals surface area contributed by atoms with Crippen molar-refractivity contribution in [3.05, 3.63) is 47.8 Å². The highest BCUT2D eigenvalue weighted by atomic mass is 16.1. The first-order valence-corrected chi connectivity index (χ1v) is 6.63. The number of carbonyl (C=O) groups is 1. The van der Waals surface area contributed by atoms with Gasteiger partial charge < -0.3 is 10.6 Å². The van der Waals surface area contributed by atoms with Crippen molar-refractivity contribution in [3.8, 4) is 0 Å². The number of nitrogens with zero attached hydrogens (tertiary/aromatic N) is 2. The molecule has 0 saturated heterocycles. The van der Waals surface area contributed by atoms with E-state index in [9.17, 15) is 4.79 Å². The highest BCUT2D eigenvalue weighted by Gasteiger charge is 2.06. The second-order valence-corrected chi connectivity index (χ2v) is 4.54. The van der Waals surface area contributed by atoms with Gasteiger partial charge in [0.05, 0.1) is 5.56 Å². The van der Waals surface area contributed by atoms with Crippen LogP contribution in [0.3, 0.4) is 0 Å². The van der Waals surface area contributed by atoms with Crippen LogP contribution in [-0.4, -0.2) is 22.4 Å². The lowest BCUT2D eigenvalue weighted by atomic mass is 10.2. The number of carbonyl (C=O) groups excluding carboxylic acids is 1. The fourth-order valence-electron chi connectivity index (χ4n) is 1.62. The van der Waals surface area contributed by atoms with E-state index in [1.54, 1.807) is 0 Å². The lowest BCUT2D eigenvalue weighted by molar-refractivity contribution is 0.0953. The number of aryl methyl sites for hydroxylation is 1. The molecule has 2 rings (SSSR count). The molecular weight excluding hydrogens is 252 g/mol. The molecular formula is C15H18N4O. The summed E-state index contributed by atoms with van der Waals surface area (Å²) in [4.78, 5) is 20.0. The van der Waals surface area contributed by atoms with Crippen LogP contribution < -0.4 is 10.6 Å². The molecule has 0 fully saturated rings. The van der Waals surface area contributed by atoms with Crippen molar-refractivity contribution in [1.82, 2.24) is 15.3 Å². The number of hydrogen-bond acceptors (Lipinski definition) is 4. The highest BCUT2D eigenvalue weighted by molar-refractivity contribution is 5.93. The first-order valence-electron chi connectivity index (χ1n) is 6.63. The maximum atomic E-state index is 11.7. The van der Waals surface area contributed by atoms with Crippen LogP contribution in [0.2, 0.25) is 0 Å². The van der Waals surface area contributed by atoms with Gasteiger partial charge in [-0.05, 0) is 25.5 Å². The molecule has 0 aliphatic rings. The first-order chi connectivity index (χ1) is 9.69. The van der Waals surface area contributed by atoms with Gasteiger partial charge in [0.2, 0.25) is 5.95 Å². The van der Waals surface area contributed by atoms with Crippen molar-refractivity contribution in [3.63, 3.8) is 0 Å². The zero-order chi connectivity index (χ0) is 14.4.